The number of carbonyl (C=O) groups excluding carboxylic acids is 1. The molecule has 0 spiro atoms. The van der Waals surface area contributed by atoms with Gasteiger partial charge in [0.15, 0.2) is 0 Å². The number of fused-ring (bicyclic) bond motifs is 1. The van der Waals surface area contributed by atoms with Gasteiger partial charge < -0.3 is 10.7 Å². The van der Waals surface area contributed by atoms with Crippen LogP contribution in [0.15, 0.2) is 42.7 Å². The van der Waals surface area contributed by atoms with Gasteiger partial charge in [-0.1, -0.05) is 0 Å². The second kappa shape index (κ2) is 7.36. The number of nitrogens with one attached hydrogen (secondary N) is 1. The molecular weight excluding hydrogens is 371 g/mol. The normalized spacial score (nSPS) is 11.6. The summed E-state index contributed by atoms with van der Waals surface area (Å²) in [7, 11) is -2.19. The number of halogens is 1. The third-order valence-corrected chi connectivity index (χ3v) is 6.09. The van der Waals surface area contributed by atoms with E-state index in [4.69, 9.17) is 5.73 Å². The summed E-state index contributed by atoms with van der Waals surface area (Å²) in [5.41, 5.74) is 7.32. The van der Waals surface area contributed by atoms with E-state index in [1.165, 1.54) is 19.2 Å². The van der Waals surface area contributed by atoms with Crippen molar-refractivity contribution in [1.29, 1.82) is 0 Å². The van der Waals surface area contributed by atoms with Crippen LogP contribution in [0.4, 0.5) is 10.2 Å². The number of pyridine rings is 1. The summed E-state index contributed by atoms with van der Waals surface area (Å²) in [6.45, 7) is 0. The highest BCUT2D eigenvalue weighted by Gasteiger charge is 2.19. The third kappa shape index (κ3) is 4.08. The number of aromatic nitrogens is 2. The summed E-state index contributed by atoms with van der Waals surface area (Å²) in [6.07, 6.45) is 3.49. The molecule has 0 unspecified atom stereocenters. The molecule has 3 aromatic rings. The SMILES string of the molecule is CN(c1ccc(-c2c[nH]c3cc(F)ccc23)cn1)S(=O)(=O)CCCC(N)=O. The van der Waals surface area contributed by atoms with Crippen LogP contribution in [-0.2, 0) is 14.8 Å². The molecule has 2 heterocycles. The first-order valence-corrected chi connectivity index (χ1v) is 9.87. The van der Waals surface area contributed by atoms with Crippen LogP contribution >= 0.6 is 0 Å². The zero-order valence-electron chi connectivity index (χ0n) is 14.6. The first-order chi connectivity index (χ1) is 12.8. The number of anilines is 1. The summed E-state index contributed by atoms with van der Waals surface area (Å²) in [5.74, 6) is -0.783. The minimum atomic E-state index is -3.60. The van der Waals surface area contributed by atoms with Gasteiger partial charge in [0, 0.05) is 47.9 Å². The number of rotatable bonds is 7. The molecule has 0 radical (unpaired) electrons. The summed E-state index contributed by atoms with van der Waals surface area (Å²) in [4.78, 5) is 18.0. The Balaban J connectivity index is 1.81. The second-order valence-electron chi connectivity index (χ2n) is 6.15. The Morgan fingerprint density at radius 1 is 1.30 bits per heavy atom. The molecule has 0 aliphatic carbocycles. The molecule has 0 aliphatic heterocycles. The molecule has 9 heteroatoms. The quantitative estimate of drug-likeness (QED) is 0.645. The van der Waals surface area contributed by atoms with E-state index < -0.39 is 15.9 Å². The van der Waals surface area contributed by atoms with Gasteiger partial charge in [0.05, 0.1) is 5.75 Å². The molecule has 0 saturated carbocycles. The van der Waals surface area contributed by atoms with Crippen LogP contribution in [-0.4, -0.2) is 37.1 Å². The van der Waals surface area contributed by atoms with Crippen LogP contribution in [0.2, 0.25) is 0 Å². The number of benzene rings is 1. The highest BCUT2D eigenvalue weighted by molar-refractivity contribution is 7.92. The molecule has 7 nitrogen and oxygen atoms in total. The number of hydrogen-bond donors (Lipinski definition) is 2. The van der Waals surface area contributed by atoms with E-state index in [9.17, 15) is 17.6 Å². The Morgan fingerprint density at radius 3 is 2.74 bits per heavy atom. The molecule has 0 fully saturated rings. The molecule has 142 valence electrons. The van der Waals surface area contributed by atoms with Gasteiger partial charge in [0.1, 0.15) is 11.6 Å². The number of amides is 1. The summed E-state index contributed by atoms with van der Waals surface area (Å²) < 4.78 is 39.1. The zero-order chi connectivity index (χ0) is 19.6. The maximum Gasteiger partial charge on any atom is 0.236 e. The molecule has 27 heavy (non-hydrogen) atoms. The number of nitrogens with two attached hydrogens (primary N) is 1. The standard InChI is InChI=1S/C18H19FN4O3S/c1-23(27(25,26)8-2-3-17(20)24)18-7-4-12(10-22-18)15-11-21-16-9-13(19)5-6-14(15)16/h4-7,9-11,21H,2-3,8H2,1H3,(H2,20,24). The lowest BCUT2D eigenvalue weighted by molar-refractivity contribution is -0.118. The predicted octanol–water partition coefficient (Wildman–Crippen LogP) is 2.40. The average molecular weight is 390 g/mol. The van der Waals surface area contributed by atoms with Gasteiger partial charge in [0.25, 0.3) is 0 Å². The van der Waals surface area contributed by atoms with E-state index in [0.29, 0.717) is 5.52 Å². The van der Waals surface area contributed by atoms with Crippen molar-refractivity contribution in [3.8, 4) is 11.1 Å². The van der Waals surface area contributed by atoms with Crippen molar-refractivity contribution in [2.24, 2.45) is 5.73 Å². The number of H-pyrrole nitrogens is 1. The van der Waals surface area contributed by atoms with E-state index in [1.807, 2.05) is 0 Å². The first kappa shape index (κ1) is 18.8. The maximum atomic E-state index is 13.3. The molecule has 3 rings (SSSR count). The minimum Gasteiger partial charge on any atom is -0.370 e. The fraction of sp³-hybridized carbons (Fsp3) is 0.222. The van der Waals surface area contributed by atoms with Crippen LogP contribution in [0.25, 0.3) is 22.0 Å². The Morgan fingerprint density at radius 2 is 2.07 bits per heavy atom. The minimum absolute atomic E-state index is 0.0145. The van der Waals surface area contributed by atoms with Gasteiger partial charge in [-0.25, -0.2) is 17.8 Å². The maximum absolute atomic E-state index is 13.3. The average Bonchev–Trinajstić information content (AvgIpc) is 3.03. The van der Waals surface area contributed by atoms with Crippen molar-refractivity contribution in [3.63, 3.8) is 0 Å². The van der Waals surface area contributed by atoms with Crippen molar-refractivity contribution in [2.75, 3.05) is 17.1 Å². The first-order valence-electron chi connectivity index (χ1n) is 8.26. The van der Waals surface area contributed by atoms with Crippen molar-refractivity contribution in [1.82, 2.24) is 9.97 Å². The van der Waals surface area contributed by atoms with E-state index in [0.717, 1.165) is 20.8 Å². The van der Waals surface area contributed by atoms with Gasteiger partial charge in [-0.2, -0.15) is 0 Å². The summed E-state index contributed by atoms with van der Waals surface area (Å²) in [5, 5.41) is 0.846. The Labute approximate surface area is 156 Å². The van der Waals surface area contributed by atoms with Crippen LogP contribution in [0, 0.1) is 5.82 Å². The van der Waals surface area contributed by atoms with E-state index in [-0.39, 0.29) is 30.2 Å². The Bertz CT molecular complexity index is 1080. The van der Waals surface area contributed by atoms with Gasteiger partial charge >= 0.3 is 0 Å². The molecule has 3 N–H and O–H groups in total. The topological polar surface area (TPSA) is 109 Å². The van der Waals surface area contributed by atoms with E-state index in [1.54, 1.807) is 30.6 Å². The second-order valence-corrected chi connectivity index (χ2v) is 8.27. The Kier molecular flexibility index (Phi) is 5.13. The molecule has 1 aromatic carbocycles. The summed E-state index contributed by atoms with van der Waals surface area (Å²) in [6, 6.07) is 7.83. The van der Waals surface area contributed by atoms with Gasteiger partial charge in [-0.05, 0) is 36.8 Å². The van der Waals surface area contributed by atoms with Crippen molar-refractivity contribution < 1.29 is 17.6 Å². The molecule has 0 aliphatic rings. The van der Waals surface area contributed by atoms with Crippen LogP contribution in [0.1, 0.15) is 12.8 Å². The molecule has 0 saturated heterocycles. The molecule has 0 bridgehead atoms. The number of carbonyl (C=O) groups is 1. The largest absolute Gasteiger partial charge is 0.370 e. The van der Waals surface area contributed by atoms with Crippen molar-refractivity contribution in [3.05, 3.63) is 48.5 Å². The van der Waals surface area contributed by atoms with Crippen LogP contribution < -0.4 is 10.0 Å². The van der Waals surface area contributed by atoms with Gasteiger partial charge in [-0.15, -0.1) is 0 Å². The highest BCUT2D eigenvalue weighted by Crippen LogP contribution is 2.29. The molecule has 1 amide bonds. The van der Waals surface area contributed by atoms with Crippen molar-refractivity contribution >= 4 is 32.7 Å². The fourth-order valence-corrected chi connectivity index (χ4v) is 3.95. The van der Waals surface area contributed by atoms with Crippen LogP contribution in [0.5, 0.6) is 0 Å². The number of sulfonamides is 1. The summed E-state index contributed by atoms with van der Waals surface area (Å²) >= 11 is 0. The molecular formula is C18H19FN4O3S. The number of hydrogen-bond acceptors (Lipinski definition) is 4. The lowest BCUT2D eigenvalue weighted by Crippen LogP contribution is -2.30. The monoisotopic (exact) mass is 390 g/mol. The van der Waals surface area contributed by atoms with Crippen LogP contribution in [0.3, 0.4) is 0 Å². The Hall–Kier alpha value is -2.94. The van der Waals surface area contributed by atoms with E-state index in [2.05, 4.69) is 9.97 Å². The predicted molar refractivity (Wildman–Crippen MR) is 102 cm³/mol. The molecule has 0 atom stereocenters. The molecule has 2 aromatic heterocycles. The number of primary amides is 1. The smallest absolute Gasteiger partial charge is 0.236 e. The number of nitrogens with zero attached hydrogens (tertiary/aromatic N) is 2. The lowest BCUT2D eigenvalue weighted by atomic mass is 10.1. The lowest BCUT2D eigenvalue weighted by Gasteiger charge is -2.18. The highest BCUT2D eigenvalue weighted by atomic mass is 32.2. The van der Waals surface area contributed by atoms with Gasteiger partial charge in [-0.3, -0.25) is 9.10 Å². The number of aromatic amines is 1. The zero-order valence-corrected chi connectivity index (χ0v) is 15.5. The van der Waals surface area contributed by atoms with Crippen molar-refractivity contribution in [2.45, 2.75) is 12.8 Å². The fourth-order valence-electron chi connectivity index (χ4n) is 2.78. The van der Waals surface area contributed by atoms with Gasteiger partial charge in [0.2, 0.25) is 15.9 Å². The van der Waals surface area contributed by atoms with E-state index >= 15 is 0 Å². The third-order valence-electron chi connectivity index (χ3n) is 4.27.